The average Bonchev–Trinajstić information content (AvgIpc) is 3.15. The van der Waals surface area contributed by atoms with Crippen molar-refractivity contribution in [2.75, 3.05) is 0 Å². The third-order valence-corrected chi connectivity index (χ3v) is 6.76. The van der Waals surface area contributed by atoms with Crippen molar-refractivity contribution < 1.29 is 0 Å². The second-order valence-electron chi connectivity index (χ2n) is 8.17. The molecule has 152 valence electrons. The highest BCUT2D eigenvalue weighted by Crippen LogP contribution is 2.57. The number of fused-ring (bicyclic) bond motifs is 3. The lowest BCUT2D eigenvalue weighted by atomic mass is 9.67. The summed E-state index contributed by atoms with van der Waals surface area (Å²) in [4.78, 5) is 4.19. The van der Waals surface area contributed by atoms with Gasteiger partial charge in [-0.25, -0.2) is 0 Å². The van der Waals surface area contributed by atoms with Gasteiger partial charge in [-0.15, -0.1) is 0 Å². The van der Waals surface area contributed by atoms with Crippen molar-refractivity contribution in [2.45, 2.75) is 5.41 Å². The molecule has 0 bridgehead atoms. The Morgan fingerprint density at radius 2 is 1.09 bits per heavy atom. The van der Waals surface area contributed by atoms with Crippen molar-refractivity contribution in [1.82, 2.24) is 4.98 Å². The first-order chi connectivity index (χ1) is 15.8. The van der Waals surface area contributed by atoms with Gasteiger partial charge in [-0.3, -0.25) is 4.98 Å². The molecule has 4 aromatic carbocycles. The third kappa shape index (κ3) is 2.75. The molecule has 0 atom stereocenters. The highest BCUT2D eigenvalue weighted by atomic mass is 35.5. The topological polar surface area (TPSA) is 12.9 Å². The molecule has 32 heavy (non-hydrogen) atoms. The van der Waals surface area contributed by atoms with E-state index in [1.54, 1.807) is 0 Å². The zero-order chi connectivity index (χ0) is 21.5. The van der Waals surface area contributed by atoms with Crippen molar-refractivity contribution in [3.05, 3.63) is 149 Å². The van der Waals surface area contributed by atoms with E-state index < -0.39 is 5.41 Å². The number of aromatic nitrogens is 1. The van der Waals surface area contributed by atoms with Crippen molar-refractivity contribution in [1.29, 1.82) is 0 Å². The van der Waals surface area contributed by atoms with Gasteiger partial charge in [-0.2, -0.15) is 0 Å². The van der Waals surface area contributed by atoms with E-state index in [1.165, 1.54) is 38.9 Å². The maximum atomic E-state index is 6.59. The van der Waals surface area contributed by atoms with E-state index in [0.717, 1.165) is 10.6 Å². The molecule has 0 unspecified atom stereocenters. The highest BCUT2D eigenvalue weighted by molar-refractivity contribution is 6.30. The van der Waals surface area contributed by atoms with Gasteiger partial charge in [-0.1, -0.05) is 90.5 Å². The lowest BCUT2D eigenvalue weighted by molar-refractivity contribution is 0.769. The third-order valence-electron chi connectivity index (χ3n) is 6.53. The van der Waals surface area contributed by atoms with E-state index in [1.807, 2.05) is 18.5 Å². The van der Waals surface area contributed by atoms with Crippen LogP contribution in [-0.2, 0) is 5.41 Å². The molecule has 2 heteroatoms. The summed E-state index contributed by atoms with van der Waals surface area (Å²) in [6.07, 6.45) is 3.69. The van der Waals surface area contributed by atoms with Gasteiger partial charge in [0.05, 0.1) is 5.41 Å². The Balaban J connectivity index is 1.76. The normalized spacial score (nSPS) is 13.4. The summed E-state index contributed by atoms with van der Waals surface area (Å²) in [6, 6.07) is 38.8. The van der Waals surface area contributed by atoms with Crippen molar-refractivity contribution in [3.8, 4) is 22.3 Å². The first-order valence-electron chi connectivity index (χ1n) is 10.7. The SMILES string of the molecule is Clc1ccc2c(c1)C(c1ccccc1)(c1ccccc1)c1cc(-c3ccncc3)ccc1-2. The molecular formula is C30H20ClN. The molecule has 0 N–H and O–H groups in total. The molecule has 1 heterocycles. The minimum Gasteiger partial charge on any atom is -0.265 e. The minimum absolute atomic E-state index is 0.443. The average molecular weight is 430 g/mol. The van der Waals surface area contributed by atoms with Crippen LogP contribution < -0.4 is 0 Å². The summed E-state index contributed by atoms with van der Waals surface area (Å²) < 4.78 is 0. The maximum Gasteiger partial charge on any atom is 0.0714 e. The molecule has 1 aromatic heterocycles. The van der Waals surface area contributed by atoms with Crippen LogP contribution in [0.3, 0.4) is 0 Å². The van der Waals surface area contributed by atoms with Crippen molar-refractivity contribution >= 4 is 11.6 Å². The Hall–Kier alpha value is -3.68. The molecule has 0 radical (unpaired) electrons. The quantitative estimate of drug-likeness (QED) is 0.280. The number of pyridine rings is 1. The Morgan fingerprint density at radius 3 is 1.72 bits per heavy atom. The lowest BCUT2D eigenvalue weighted by Crippen LogP contribution is -2.28. The van der Waals surface area contributed by atoms with Crippen LogP contribution in [-0.4, -0.2) is 4.98 Å². The summed E-state index contributed by atoms with van der Waals surface area (Å²) in [6.45, 7) is 0. The van der Waals surface area contributed by atoms with Crippen LogP contribution in [0.1, 0.15) is 22.3 Å². The molecule has 0 fully saturated rings. The number of rotatable bonds is 3. The van der Waals surface area contributed by atoms with Crippen molar-refractivity contribution in [2.24, 2.45) is 0 Å². The predicted octanol–water partition coefficient (Wildman–Crippen LogP) is 7.77. The summed E-state index contributed by atoms with van der Waals surface area (Å²) in [5, 5.41) is 0.752. The molecule has 1 nitrogen and oxygen atoms in total. The van der Waals surface area contributed by atoms with Crippen LogP contribution in [0, 0.1) is 0 Å². The minimum atomic E-state index is -0.443. The number of hydrogen-bond donors (Lipinski definition) is 0. The molecule has 6 rings (SSSR count). The number of halogens is 1. The largest absolute Gasteiger partial charge is 0.265 e. The zero-order valence-corrected chi connectivity index (χ0v) is 18.1. The van der Waals surface area contributed by atoms with E-state index >= 15 is 0 Å². The second-order valence-corrected chi connectivity index (χ2v) is 8.60. The first-order valence-corrected chi connectivity index (χ1v) is 11.1. The summed E-state index contributed by atoms with van der Waals surface area (Å²) in [5.41, 5.74) is 9.36. The second kappa shape index (κ2) is 7.47. The van der Waals surface area contributed by atoms with Crippen LogP contribution in [0.5, 0.6) is 0 Å². The fraction of sp³-hybridized carbons (Fsp3) is 0.0333. The molecule has 0 saturated carbocycles. The molecule has 0 saturated heterocycles. The molecule has 1 aliphatic rings. The van der Waals surface area contributed by atoms with E-state index in [-0.39, 0.29) is 0 Å². The Morgan fingerprint density at radius 1 is 0.531 bits per heavy atom. The standard InChI is InChI=1S/C30H20ClN/c31-25-12-14-27-26-13-11-22(21-15-17-32-18-16-21)19-28(26)30(29(27)20-25,23-7-3-1-4-8-23)24-9-5-2-6-10-24/h1-20H. The van der Waals surface area contributed by atoms with Crippen molar-refractivity contribution in [3.63, 3.8) is 0 Å². The predicted molar refractivity (Wildman–Crippen MR) is 132 cm³/mol. The lowest BCUT2D eigenvalue weighted by Gasteiger charge is -2.34. The number of nitrogens with zero attached hydrogens (tertiary/aromatic N) is 1. The van der Waals surface area contributed by atoms with E-state index in [0.29, 0.717) is 0 Å². The monoisotopic (exact) mass is 429 g/mol. The van der Waals surface area contributed by atoms with E-state index in [2.05, 4.69) is 108 Å². The maximum absolute atomic E-state index is 6.59. The Bertz CT molecular complexity index is 1370. The number of hydrogen-bond acceptors (Lipinski definition) is 1. The summed E-state index contributed by atoms with van der Waals surface area (Å²) in [5.74, 6) is 0. The Labute approximate surface area is 193 Å². The van der Waals surface area contributed by atoms with Gasteiger partial charge >= 0.3 is 0 Å². The van der Waals surface area contributed by atoms with Crippen LogP contribution in [0.25, 0.3) is 22.3 Å². The first kappa shape index (κ1) is 19.0. The Kier molecular flexibility index (Phi) is 4.45. The zero-order valence-electron chi connectivity index (χ0n) is 17.4. The van der Waals surface area contributed by atoms with Gasteiger partial charge in [0, 0.05) is 17.4 Å². The van der Waals surface area contributed by atoms with E-state index in [4.69, 9.17) is 11.6 Å². The summed E-state index contributed by atoms with van der Waals surface area (Å²) >= 11 is 6.59. The molecule has 0 aliphatic heterocycles. The number of benzene rings is 4. The van der Waals surface area contributed by atoms with Gasteiger partial charge in [0.15, 0.2) is 0 Å². The molecule has 0 spiro atoms. The van der Waals surface area contributed by atoms with Gasteiger partial charge in [0.25, 0.3) is 0 Å². The highest BCUT2D eigenvalue weighted by Gasteiger charge is 2.46. The van der Waals surface area contributed by atoms with Crippen LogP contribution >= 0.6 is 11.6 Å². The van der Waals surface area contributed by atoms with Crippen LogP contribution in [0.2, 0.25) is 5.02 Å². The smallest absolute Gasteiger partial charge is 0.0714 e. The summed E-state index contributed by atoms with van der Waals surface area (Å²) in [7, 11) is 0. The fourth-order valence-corrected chi connectivity index (χ4v) is 5.36. The van der Waals surface area contributed by atoms with Gasteiger partial charge in [0.1, 0.15) is 0 Å². The molecule has 5 aromatic rings. The van der Waals surface area contributed by atoms with E-state index in [9.17, 15) is 0 Å². The van der Waals surface area contributed by atoms with Crippen LogP contribution in [0.15, 0.2) is 122 Å². The molecule has 0 amide bonds. The van der Waals surface area contributed by atoms with Crippen LogP contribution in [0.4, 0.5) is 0 Å². The molecule has 1 aliphatic carbocycles. The van der Waals surface area contributed by atoms with Gasteiger partial charge in [-0.05, 0) is 74.8 Å². The van der Waals surface area contributed by atoms with Gasteiger partial charge in [0.2, 0.25) is 0 Å². The fourth-order valence-electron chi connectivity index (χ4n) is 5.18. The van der Waals surface area contributed by atoms with Gasteiger partial charge < -0.3 is 0 Å². The molecular weight excluding hydrogens is 410 g/mol.